The van der Waals surface area contributed by atoms with Gasteiger partial charge >= 0.3 is 0 Å². The van der Waals surface area contributed by atoms with E-state index in [-0.39, 0.29) is 5.56 Å². The van der Waals surface area contributed by atoms with E-state index in [0.717, 1.165) is 37.4 Å². The highest BCUT2D eigenvalue weighted by molar-refractivity contribution is 5.38. The molecule has 0 radical (unpaired) electrons. The quantitative estimate of drug-likeness (QED) is 0.753. The first kappa shape index (κ1) is 10.6. The molecule has 15 heavy (non-hydrogen) atoms. The molecule has 0 saturated carbocycles. The Morgan fingerprint density at radius 1 is 1.33 bits per heavy atom. The summed E-state index contributed by atoms with van der Waals surface area (Å²) >= 11 is 0. The van der Waals surface area contributed by atoms with Crippen molar-refractivity contribution < 1.29 is 8.78 Å². The van der Waals surface area contributed by atoms with E-state index in [0.29, 0.717) is 6.54 Å². The van der Waals surface area contributed by atoms with Crippen LogP contribution in [-0.4, -0.2) is 6.54 Å². The Morgan fingerprint density at radius 2 is 2.13 bits per heavy atom. The molecule has 1 nitrogen and oxygen atoms in total. The van der Waals surface area contributed by atoms with Gasteiger partial charge in [-0.2, -0.15) is 0 Å². The number of fused-ring (bicyclic) bond motifs is 1. The third-order valence-corrected chi connectivity index (χ3v) is 2.84. The average molecular weight is 211 g/mol. The Bertz CT molecular complexity index is 355. The van der Waals surface area contributed by atoms with Gasteiger partial charge in [0.1, 0.15) is 0 Å². The topological polar surface area (TPSA) is 12.0 Å². The summed E-state index contributed by atoms with van der Waals surface area (Å²) in [5, 5.41) is 3.24. The van der Waals surface area contributed by atoms with Crippen molar-refractivity contribution in [2.75, 3.05) is 6.54 Å². The van der Waals surface area contributed by atoms with Crippen molar-refractivity contribution in [3.63, 3.8) is 0 Å². The molecule has 1 aromatic rings. The lowest BCUT2D eigenvalue weighted by atomic mass is 9.94. The molecule has 2 rings (SSSR count). The first-order valence-electron chi connectivity index (χ1n) is 5.29. The predicted octanol–water partition coefficient (Wildman–Crippen LogP) is 2.83. The first-order valence-corrected chi connectivity index (χ1v) is 5.29. The van der Waals surface area contributed by atoms with Gasteiger partial charge in [0.25, 0.3) is 5.92 Å². The molecule has 0 aromatic heterocycles. The fourth-order valence-electron chi connectivity index (χ4n) is 2.12. The lowest BCUT2D eigenvalue weighted by Gasteiger charge is -2.17. The molecule has 82 valence electrons. The molecule has 1 aliphatic heterocycles. The normalized spacial score (nSPS) is 17.0. The summed E-state index contributed by atoms with van der Waals surface area (Å²) in [6, 6.07) is 5.20. The Hall–Kier alpha value is -0.960. The number of nitrogens with one attached hydrogen (secondary N) is 1. The van der Waals surface area contributed by atoms with Gasteiger partial charge in [-0.05, 0) is 30.5 Å². The van der Waals surface area contributed by atoms with Gasteiger partial charge in [0.15, 0.2) is 0 Å². The maximum Gasteiger partial charge on any atom is 0.270 e. The first-order chi connectivity index (χ1) is 7.09. The predicted molar refractivity (Wildman–Crippen MR) is 56.0 cm³/mol. The monoisotopic (exact) mass is 211 g/mol. The molecule has 0 atom stereocenters. The van der Waals surface area contributed by atoms with Crippen molar-refractivity contribution in [3.8, 4) is 0 Å². The standard InChI is InChI=1S/C12H15F2N/c1-12(13,14)11-6-2-4-9-8-15-7-3-5-10(9)11/h2,4,6,15H,3,5,7-8H2,1H3. The van der Waals surface area contributed by atoms with E-state index in [9.17, 15) is 8.78 Å². The van der Waals surface area contributed by atoms with E-state index in [1.807, 2.05) is 6.07 Å². The average Bonchev–Trinajstić information content (AvgIpc) is 2.39. The van der Waals surface area contributed by atoms with Gasteiger partial charge < -0.3 is 5.32 Å². The number of rotatable bonds is 1. The minimum Gasteiger partial charge on any atom is -0.313 e. The molecule has 3 heteroatoms. The molecule has 1 heterocycles. The van der Waals surface area contributed by atoms with E-state index in [2.05, 4.69) is 5.32 Å². The smallest absolute Gasteiger partial charge is 0.270 e. The van der Waals surface area contributed by atoms with E-state index in [1.165, 1.54) is 0 Å². The van der Waals surface area contributed by atoms with Crippen molar-refractivity contribution in [1.82, 2.24) is 5.32 Å². The van der Waals surface area contributed by atoms with Crippen LogP contribution < -0.4 is 5.32 Å². The number of hydrogen-bond donors (Lipinski definition) is 1. The number of hydrogen-bond acceptors (Lipinski definition) is 1. The van der Waals surface area contributed by atoms with Crippen LogP contribution in [0.4, 0.5) is 8.78 Å². The summed E-state index contributed by atoms with van der Waals surface area (Å²) in [5.41, 5.74) is 2.06. The highest BCUT2D eigenvalue weighted by Crippen LogP contribution is 2.32. The summed E-state index contributed by atoms with van der Waals surface area (Å²) in [7, 11) is 0. The number of halogens is 2. The van der Waals surface area contributed by atoms with Crippen LogP contribution in [-0.2, 0) is 18.9 Å². The molecule has 1 aliphatic rings. The zero-order chi connectivity index (χ0) is 10.9. The van der Waals surface area contributed by atoms with E-state index < -0.39 is 5.92 Å². The van der Waals surface area contributed by atoms with Crippen LogP contribution in [0.25, 0.3) is 0 Å². The Morgan fingerprint density at radius 3 is 2.87 bits per heavy atom. The lowest BCUT2D eigenvalue weighted by molar-refractivity contribution is 0.0165. The molecule has 0 spiro atoms. The number of alkyl halides is 2. The van der Waals surface area contributed by atoms with Gasteiger partial charge in [-0.15, -0.1) is 0 Å². The minimum absolute atomic E-state index is 0.198. The Balaban J connectivity index is 2.48. The summed E-state index contributed by atoms with van der Waals surface area (Å²) < 4.78 is 26.7. The van der Waals surface area contributed by atoms with E-state index in [4.69, 9.17) is 0 Å². The second-order valence-electron chi connectivity index (χ2n) is 4.11. The minimum atomic E-state index is -2.73. The van der Waals surface area contributed by atoms with Crippen molar-refractivity contribution >= 4 is 0 Å². The van der Waals surface area contributed by atoms with Crippen molar-refractivity contribution in [2.45, 2.75) is 32.2 Å². The van der Waals surface area contributed by atoms with Crippen molar-refractivity contribution in [3.05, 3.63) is 34.9 Å². The third kappa shape index (κ3) is 2.17. The van der Waals surface area contributed by atoms with Gasteiger partial charge in [0.2, 0.25) is 0 Å². The van der Waals surface area contributed by atoms with Crippen molar-refractivity contribution in [2.24, 2.45) is 0 Å². The molecule has 0 aliphatic carbocycles. The van der Waals surface area contributed by atoms with Crippen LogP contribution in [0.2, 0.25) is 0 Å². The maximum atomic E-state index is 13.4. The molecule has 0 fully saturated rings. The molecule has 0 unspecified atom stereocenters. The molecular weight excluding hydrogens is 196 g/mol. The highest BCUT2D eigenvalue weighted by atomic mass is 19.3. The largest absolute Gasteiger partial charge is 0.313 e. The Labute approximate surface area is 88.5 Å². The van der Waals surface area contributed by atoms with Crippen LogP contribution >= 0.6 is 0 Å². The van der Waals surface area contributed by atoms with E-state index >= 15 is 0 Å². The summed E-state index contributed by atoms with van der Waals surface area (Å²) in [6.07, 6.45) is 1.68. The molecule has 1 aromatic carbocycles. The summed E-state index contributed by atoms with van der Waals surface area (Å²) in [5.74, 6) is -2.73. The van der Waals surface area contributed by atoms with E-state index in [1.54, 1.807) is 12.1 Å². The zero-order valence-electron chi connectivity index (χ0n) is 8.82. The SMILES string of the molecule is CC(F)(F)c1cccc2c1CCCNC2. The second-order valence-corrected chi connectivity index (χ2v) is 4.11. The fourth-order valence-corrected chi connectivity index (χ4v) is 2.12. The number of benzene rings is 1. The molecular formula is C12H15F2N. The zero-order valence-corrected chi connectivity index (χ0v) is 8.82. The summed E-state index contributed by atoms with van der Waals surface area (Å²) in [4.78, 5) is 0. The molecule has 1 N–H and O–H groups in total. The van der Waals surface area contributed by atoms with Crippen LogP contribution in [0, 0.1) is 0 Å². The fraction of sp³-hybridized carbons (Fsp3) is 0.500. The lowest BCUT2D eigenvalue weighted by Crippen LogP contribution is -2.13. The highest BCUT2D eigenvalue weighted by Gasteiger charge is 2.28. The van der Waals surface area contributed by atoms with Gasteiger partial charge in [-0.3, -0.25) is 0 Å². The van der Waals surface area contributed by atoms with Crippen molar-refractivity contribution in [1.29, 1.82) is 0 Å². The third-order valence-electron chi connectivity index (χ3n) is 2.84. The summed E-state index contributed by atoms with van der Waals surface area (Å²) in [6.45, 7) is 2.59. The molecule has 0 bridgehead atoms. The Kier molecular flexibility index (Phi) is 2.74. The van der Waals surface area contributed by atoms with Gasteiger partial charge in [0.05, 0.1) is 0 Å². The van der Waals surface area contributed by atoms with Gasteiger partial charge in [-0.25, -0.2) is 8.78 Å². The molecule has 0 amide bonds. The van der Waals surface area contributed by atoms with Gasteiger partial charge in [-0.1, -0.05) is 18.2 Å². The van der Waals surface area contributed by atoms with Gasteiger partial charge in [0, 0.05) is 19.0 Å². The second kappa shape index (κ2) is 3.89. The van der Waals surface area contributed by atoms with Crippen LogP contribution in [0.5, 0.6) is 0 Å². The van der Waals surface area contributed by atoms with Crippen LogP contribution in [0.1, 0.15) is 30.0 Å². The van der Waals surface area contributed by atoms with Crippen LogP contribution in [0.15, 0.2) is 18.2 Å². The van der Waals surface area contributed by atoms with Crippen LogP contribution in [0.3, 0.4) is 0 Å². The maximum absolute atomic E-state index is 13.4. The molecule has 0 saturated heterocycles.